The molecule has 0 aliphatic carbocycles. The highest BCUT2D eigenvalue weighted by Crippen LogP contribution is 2.27. The molecule has 1 fully saturated rings. The average Bonchev–Trinajstić information content (AvgIpc) is 3.61. The number of ether oxygens (including phenoxy) is 4. The van der Waals surface area contributed by atoms with E-state index in [2.05, 4.69) is 17.2 Å². The summed E-state index contributed by atoms with van der Waals surface area (Å²) in [7, 11) is 1.57. The van der Waals surface area contributed by atoms with Crippen LogP contribution in [0.25, 0.3) is 0 Å². The molecular formula is C41H55N3O11. The first-order valence-corrected chi connectivity index (χ1v) is 18.6. The molecule has 300 valence electrons. The summed E-state index contributed by atoms with van der Waals surface area (Å²) >= 11 is 0. The standard InChI is InChI=1S/C41H55N3O11/c1-9-53-25-31-21-34(44-36(47)14-15-37(44)48)39(50)43(31)23-32(45)22-33(26(2)3)38(49)42-27(4)35(46)20-28-12-13-30(24-55-40(51)41(5,6)7)29(19-28)11-10-16-54-18-17-52-8/h12-15,19,26-27,31,33-34H,9,16-18,20-25H2,1-8H3,(H,42,49)/t27-,31-,33-,34-/m0/s1. The maximum absolute atomic E-state index is 13.5. The molecule has 1 saturated heterocycles. The quantitative estimate of drug-likeness (QED) is 0.0895. The van der Waals surface area contributed by atoms with E-state index in [0.717, 1.165) is 17.1 Å². The Morgan fingerprint density at radius 2 is 1.69 bits per heavy atom. The zero-order valence-corrected chi connectivity index (χ0v) is 33.2. The van der Waals surface area contributed by atoms with Crippen LogP contribution in [-0.4, -0.2) is 116 Å². The first kappa shape index (κ1) is 44.7. The van der Waals surface area contributed by atoms with E-state index >= 15 is 0 Å². The fourth-order valence-corrected chi connectivity index (χ4v) is 6.03. The van der Waals surface area contributed by atoms with Gasteiger partial charge in [-0.15, -0.1) is 0 Å². The number of Topliss-reactive ketones (excluding diaryl/α,β-unsaturated/α-hetero) is 2. The summed E-state index contributed by atoms with van der Waals surface area (Å²) in [6, 6.07) is 2.77. The molecule has 0 unspecified atom stereocenters. The van der Waals surface area contributed by atoms with Gasteiger partial charge in [-0.05, 0) is 52.2 Å². The zero-order chi connectivity index (χ0) is 40.9. The minimum Gasteiger partial charge on any atom is -0.460 e. The number of esters is 1. The lowest BCUT2D eigenvalue weighted by molar-refractivity contribution is -0.154. The van der Waals surface area contributed by atoms with Crippen LogP contribution >= 0.6 is 0 Å². The predicted octanol–water partition coefficient (Wildman–Crippen LogP) is 2.57. The molecule has 55 heavy (non-hydrogen) atoms. The average molecular weight is 766 g/mol. The lowest BCUT2D eigenvalue weighted by Gasteiger charge is -2.26. The van der Waals surface area contributed by atoms with Crippen molar-refractivity contribution in [3.63, 3.8) is 0 Å². The van der Waals surface area contributed by atoms with Crippen molar-refractivity contribution in [1.29, 1.82) is 0 Å². The third-order valence-corrected chi connectivity index (χ3v) is 9.30. The summed E-state index contributed by atoms with van der Waals surface area (Å²) in [5.74, 6) is 1.71. The van der Waals surface area contributed by atoms with Crippen LogP contribution in [0.4, 0.5) is 0 Å². The number of nitrogens with one attached hydrogen (secondary N) is 1. The molecule has 0 saturated carbocycles. The summed E-state index contributed by atoms with van der Waals surface area (Å²) in [5.41, 5.74) is 1.18. The van der Waals surface area contributed by atoms with E-state index in [1.807, 2.05) is 0 Å². The number of amides is 4. The molecule has 0 radical (unpaired) electrons. The number of carbonyl (C=O) groups is 7. The molecule has 14 heteroatoms. The van der Waals surface area contributed by atoms with Gasteiger partial charge in [0.1, 0.15) is 19.3 Å². The number of methoxy groups -OCH3 is 1. The molecule has 4 atom stereocenters. The van der Waals surface area contributed by atoms with Crippen LogP contribution in [0.15, 0.2) is 30.4 Å². The minimum absolute atomic E-state index is 0.00437. The Morgan fingerprint density at radius 3 is 2.31 bits per heavy atom. The third kappa shape index (κ3) is 12.9. The van der Waals surface area contributed by atoms with Crippen molar-refractivity contribution in [2.24, 2.45) is 17.3 Å². The molecule has 4 amide bonds. The Hall–Kier alpha value is -4.71. The summed E-state index contributed by atoms with van der Waals surface area (Å²) < 4.78 is 21.5. The van der Waals surface area contributed by atoms with Crippen LogP contribution in [0.2, 0.25) is 0 Å². The molecule has 0 spiro atoms. The first-order chi connectivity index (χ1) is 26.0. The van der Waals surface area contributed by atoms with Crippen LogP contribution in [-0.2, 0) is 65.5 Å². The molecule has 2 aliphatic heterocycles. The van der Waals surface area contributed by atoms with E-state index in [9.17, 15) is 33.6 Å². The van der Waals surface area contributed by atoms with Gasteiger partial charge in [-0.3, -0.25) is 38.5 Å². The predicted molar refractivity (Wildman–Crippen MR) is 201 cm³/mol. The molecule has 1 aromatic rings. The van der Waals surface area contributed by atoms with Gasteiger partial charge in [-0.2, -0.15) is 0 Å². The van der Waals surface area contributed by atoms with Crippen LogP contribution in [0.1, 0.15) is 78.0 Å². The highest BCUT2D eigenvalue weighted by Gasteiger charge is 2.47. The van der Waals surface area contributed by atoms with Crippen LogP contribution in [0.5, 0.6) is 0 Å². The molecule has 3 rings (SSSR count). The number of carbonyl (C=O) groups excluding carboxylic acids is 7. The Bertz CT molecular complexity index is 1670. The Labute approximate surface area is 323 Å². The monoisotopic (exact) mass is 765 g/mol. The third-order valence-electron chi connectivity index (χ3n) is 9.30. The molecule has 0 aromatic heterocycles. The normalized spacial score (nSPS) is 18.0. The van der Waals surface area contributed by atoms with Gasteiger partial charge in [-0.25, -0.2) is 0 Å². The Kier molecular flexibility index (Phi) is 16.9. The topological polar surface area (TPSA) is 175 Å². The number of hydrogen-bond donors (Lipinski definition) is 1. The second-order valence-corrected chi connectivity index (χ2v) is 15.0. The van der Waals surface area contributed by atoms with Gasteiger partial charge in [-0.1, -0.05) is 37.8 Å². The van der Waals surface area contributed by atoms with Crippen molar-refractivity contribution in [3.05, 3.63) is 47.0 Å². The van der Waals surface area contributed by atoms with Gasteiger partial charge in [0.15, 0.2) is 11.6 Å². The van der Waals surface area contributed by atoms with Gasteiger partial charge in [0.2, 0.25) is 11.8 Å². The van der Waals surface area contributed by atoms with Crippen molar-refractivity contribution >= 4 is 41.2 Å². The smallest absolute Gasteiger partial charge is 0.311 e. The Morgan fingerprint density at radius 1 is 1.00 bits per heavy atom. The highest BCUT2D eigenvalue weighted by atomic mass is 16.5. The van der Waals surface area contributed by atoms with E-state index in [-0.39, 0.29) is 69.1 Å². The molecule has 2 aliphatic rings. The number of hydrogen-bond acceptors (Lipinski definition) is 11. The highest BCUT2D eigenvalue weighted by molar-refractivity contribution is 6.15. The molecule has 1 N–H and O–H groups in total. The molecule has 14 nitrogen and oxygen atoms in total. The SMILES string of the molecule is CCOC[C@@H]1C[C@H](N2C(=O)C=CC2=O)C(=O)N1CC(=O)C[C@H](C(=O)N[C@@H](C)C(=O)Cc1ccc(COC(=O)C(C)(C)C)c(C#CCOCCOC)c1)C(C)C. The van der Waals surface area contributed by atoms with Gasteiger partial charge < -0.3 is 29.2 Å². The van der Waals surface area contributed by atoms with Gasteiger partial charge in [0.05, 0.1) is 43.9 Å². The second-order valence-electron chi connectivity index (χ2n) is 15.0. The number of imide groups is 1. The second kappa shape index (κ2) is 20.8. The minimum atomic E-state index is -1.05. The molecule has 0 bridgehead atoms. The van der Waals surface area contributed by atoms with E-state index in [4.69, 9.17) is 18.9 Å². The first-order valence-electron chi connectivity index (χ1n) is 18.6. The van der Waals surface area contributed by atoms with E-state index < -0.39 is 53.1 Å². The fraction of sp³-hybridized carbons (Fsp3) is 0.585. The van der Waals surface area contributed by atoms with Gasteiger partial charge in [0, 0.05) is 62.2 Å². The summed E-state index contributed by atoms with van der Waals surface area (Å²) in [5, 5.41) is 2.77. The lowest BCUT2D eigenvalue weighted by atomic mass is 9.89. The lowest BCUT2D eigenvalue weighted by Crippen LogP contribution is -2.47. The largest absolute Gasteiger partial charge is 0.460 e. The van der Waals surface area contributed by atoms with Crippen molar-refractivity contribution < 1.29 is 52.5 Å². The van der Waals surface area contributed by atoms with Crippen LogP contribution < -0.4 is 5.32 Å². The van der Waals surface area contributed by atoms with E-state index in [1.54, 1.807) is 73.8 Å². The van der Waals surface area contributed by atoms with Crippen molar-refractivity contribution in [2.75, 3.05) is 46.7 Å². The molecular weight excluding hydrogens is 710 g/mol. The van der Waals surface area contributed by atoms with Crippen molar-refractivity contribution in [1.82, 2.24) is 15.1 Å². The summed E-state index contributed by atoms with van der Waals surface area (Å²) in [6.45, 7) is 13.4. The summed E-state index contributed by atoms with van der Waals surface area (Å²) in [6.07, 6.45) is 2.13. The Balaban J connectivity index is 1.67. The zero-order valence-electron chi connectivity index (χ0n) is 33.2. The maximum Gasteiger partial charge on any atom is 0.311 e. The summed E-state index contributed by atoms with van der Waals surface area (Å²) in [4.78, 5) is 93.1. The van der Waals surface area contributed by atoms with E-state index in [0.29, 0.717) is 36.5 Å². The van der Waals surface area contributed by atoms with Gasteiger partial charge in [0.25, 0.3) is 11.8 Å². The van der Waals surface area contributed by atoms with Crippen LogP contribution in [0.3, 0.4) is 0 Å². The van der Waals surface area contributed by atoms with Crippen LogP contribution in [0, 0.1) is 29.1 Å². The molecule has 1 aromatic carbocycles. The van der Waals surface area contributed by atoms with Crippen molar-refractivity contribution in [3.8, 4) is 11.8 Å². The van der Waals surface area contributed by atoms with Gasteiger partial charge >= 0.3 is 5.97 Å². The number of benzene rings is 1. The number of ketones is 2. The molecule has 2 heterocycles. The van der Waals surface area contributed by atoms with Crippen molar-refractivity contribution in [2.45, 2.75) is 92.5 Å². The number of rotatable bonds is 20. The number of nitrogens with zero attached hydrogens (tertiary/aromatic N) is 2. The fourth-order valence-electron chi connectivity index (χ4n) is 6.03. The van der Waals surface area contributed by atoms with E-state index in [1.165, 1.54) is 4.90 Å². The number of likely N-dealkylation sites (tertiary alicyclic amines) is 1. The maximum atomic E-state index is 13.5.